The molecule has 0 aliphatic carbocycles. The minimum Gasteiger partial charge on any atom is -0.395 e. The smallest absolute Gasteiger partial charge is 0.395 e. The number of aryl methyl sites for hydroxylation is 1. The Hall–Kier alpha value is -2.77. The van der Waals surface area contributed by atoms with E-state index >= 15 is 0 Å². The summed E-state index contributed by atoms with van der Waals surface area (Å²) in [5.41, 5.74) is 6.48. The van der Waals surface area contributed by atoms with E-state index in [0.717, 1.165) is 4.52 Å². The third kappa shape index (κ3) is 4.02. The van der Waals surface area contributed by atoms with Crippen LogP contribution in [0.1, 0.15) is 18.3 Å². The first kappa shape index (κ1) is 21.0. The van der Waals surface area contributed by atoms with Gasteiger partial charge < -0.3 is 10.8 Å². The fourth-order valence-electron chi connectivity index (χ4n) is 2.62. The molecule has 0 aliphatic heterocycles. The Labute approximate surface area is 163 Å². The highest BCUT2D eigenvalue weighted by Crippen LogP contribution is 2.31. The fourth-order valence-corrected chi connectivity index (χ4v) is 3.88. The predicted octanol–water partition coefficient (Wildman–Crippen LogP) is 1.36. The lowest BCUT2D eigenvalue weighted by atomic mass is 10.1. The predicted molar refractivity (Wildman–Crippen MR) is 97.2 cm³/mol. The second-order valence-corrected chi connectivity index (χ2v) is 8.09. The molecule has 0 unspecified atom stereocenters. The van der Waals surface area contributed by atoms with E-state index in [1.165, 1.54) is 31.3 Å². The molecule has 1 atom stereocenters. The summed E-state index contributed by atoms with van der Waals surface area (Å²) in [4.78, 5) is 7.06. The van der Waals surface area contributed by atoms with E-state index < -0.39 is 40.5 Å². The Morgan fingerprint density at radius 1 is 1.34 bits per heavy atom. The summed E-state index contributed by atoms with van der Waals surface area (Å²) in [5.74, 6) is -1.90. The van der Waals surface area contributed by atoms with Crippen LogP contribution in [0.15, 0.2) is 29.3 Å². The van der Waals surface area contributed by atoms with Gasteiger partial charge in [-0.15, -0.1) is 5.10 Å². The molecule has 0 saturated heterocycles. The topological polar surface area (TPSA) is 136 Å². The van der Waals surface area contributed by atoms with Gasteiger partial charge in [-0.3, -0.25) is 0 Å². The molecule has 0 bridgehead atoms. The summed E-state index contributed by atoms with van der Waals surface area (Å²) in [6, 6.07) is 3.42. The van der Waals surface area contributed by atoms with Crippen LogP contribution in [0.4, 0.5) is 19.0 Å². The maximum absolute atomic E-state index is 13.1. The highest BCUT2D eigenvalue weighted by Gasteiger charge is 2.36. The van der Waals surface area contributed by atoms with Crippen LogP contribution in [0.5, 0.6) is 0 Å². The normalized spacial score (nSPS) is 13.7. The van der Waals surface area contributed by atoms with Crippen molar-refractivity contribution in [2.45, 2.75) is 31.0 Å². The summed E-state index contributed by atoms with van der Waals surface area (Å²) < 4.78 is 67.4. The lowest BCUT2D eigenvalue weighted by Crippen LogP contribution is -2.35. The number of anilines is 1. The van der Waals surface area contributed by atoms with Gasteiger partial charge in [-0.25, -0.2) is 27.6 Å². The SMILES string of the molecule is Cc1ccc(S(=O)(=O)N[C@@H](C)CO)cc1-c1cnc2c(N)nc(C(F)(F)F)nn12. The van der Waals surface area contributed by atoms with Crippen molar-refractivity contribution >= 4 is 21.5 Å². The Morgan fingerprint density at radius 3 is 2.66 bits per heavy atom. The number of sulfonamides is 1. The van der Waals surface area contributed by atoms with Gasteiger partial charge in [-0.1, -0.05) is 6.07 Å². The highest BCUT2D eigenvalue weighted by atomic mass is 32.2. The first-order valence-electron chi connectivity index (χ1n) is 8.26. The molecule has 0 saturated carbocycles. The number of nitrogens with zero attached hydrogens (tertiary/aromatic N) is 4. The monoisotopic (exact) mass is 430 g/mol. The lowest BCUT2D eigenvalue weighted by Gasteiger charge is -2.14. The van der Waals surface area contributed by atoms with Crippen molar-refractivity contribution in [2.24, 2.45) is 0 Å². The van der Waals surface area contributed by atoms with Crippen LogP contribution >= 0.6 is 0 Å². The van der Waals surface area contributed by atoms with Crippen LogP contribution in [-0.4, -0.2) is 45.8 Å². The van der Waals surface area contributed by atoms with E-state index in [0.29, 0.717) is 11.1 Å². The maximum atomic E-state index is 13.1. The molecule has 0 amide bonds. The zero-order valence-corrected chi connectivity index (χ0v) is 16.1. The van der Waals surface area contributed by atoms with Crippen molar-refractivity contribution in [2.75, 3.05) is 12.3 Å². The van der Waals surface area contributed by atoms with Gasteiger partial charge in [0.25, 0.3) is 5.82 Å². The Balaban J connectivity index is 2.19. The highest BCUT2D eigenvalue weighted by molar-refractivity contribution is 7.89. The Kier molecular flexibility index (Phi) is 5.23. The maximum Gasteiger partial charge on any atom is 0.453 e. The summed E-state index contributed by atoms with van der Waals surface area (Å²) in [6.45, 7) is 2.74. The number of aromatic nitrogens is 4. The summed E-state index contributed by atoms with van der Waals surface area (Å²) >= 11 is 0. The summed E-state index contributed by atoms with van der Waals surface area (Å²) in [6.07, 6.45) is -3.59. The molecule has 2 heterocycles. The first-order valence-corrected chi connectivity index (χ1v) is 9.75. The number of aliphatic hydroxyl groups excluding tert-OH is 1. The van der Waals surface area contributed by atoms with E-state index in [1.54, 1.807) is 6.92 Å². The molecular weight excluding hydrogens is 413 g/mol. The first-order chi connectivity index (χ1) is 13.4. The van der Waals surface area contributed by atoms with Gasteiger partial charge >= 0.3 is 6.18 Å². The van der Waals surface area contributed by atoms with E-state index in [1.807, 2.05) is 0 Å². The molecule has 13 heteroatoms. The number of halogens is 3. The molecule has 0 radical (unpaired) electrons. The van der Waals surface area contributed by atoms with E-state index in [2.05, 4.69) is 19.8 Å². The number of fused-ring (bicyclic) bond motifs is 1. The van der Waals surface area contributed by atoms with Gasteiger partial charge in [0.05, 0.1) is 23.4 Å². The number of imidazole rings is 1. The van der Waals surface area contributed by atoms with Gasteiger partial charge in [0.1, 0.15) is 0 Å². The van der Waals surface area contributed by atoms with Gasteiger partial charge in [-0.05, 0) is 31.5 Å². The third-order valence-corrected chi connectivity index (χ3v) is 5.65. The zero-order valence-electron chi connectivity index (χ0n) is 15.3. The third-order valence-electron chi connectivity index (χ3n) is 4.07. The average molecular weight is 430 g/mol. The second-order valence-electron chi connectivity index (χ2n) is 6.38. The van der Waals surface area contributed by atoms with Crippen LogP contribution in [0.2, 0.25) is 0 Å². The van der Waals surface area contributed by atoms with Gasteiger partial charge in [-0.2, -0.15) is 13.2 Å². The number of nitrogens with one attached hydrogen (secondary N) is 1. The van der Waals surface area contributed by atoms with Crippen molar-refractivity contribution in [1.82, 2.24) is 24.3 Å². The van der Waals surface area contributed by atoms with E-state index in [9.17, 15) is 21.6 Å². The number of nitrogen functional groups attached to an aromatic ring is 1. The minimum atomic E-state index is -4.82. The molecule has 3 rings (SSSR count). The van der Waals surface area contributed by atoms with Gasteiger partial charge in [0.15, 0.2) is 11.5 Å². The molecule has 1 aromatic carbocycles. The zero-order chi connectivity index (χ0) is 21.6. The van der Waals surface area contributed by atoms with Crippen molar-refractivity contribution in [1.29, 1.82) is 0 Å². The molecular formula is C16H17F3N6O3S. The largest absolute Gasteiger partial charge is 0.453 e. The quantitative estimate of drug-likeness (QED) is 0.556. The van der Waals surface area contributed by atoms with Crippen LogP contribution in [0.3, 0.4) is 0 Å². The van der Waals surface area contributed by atoms with E-state index in [-0.39, 0.29) is 16.2 Å². The van der Waals surface area contributed by atoms with Gasteiger partial charge in [0.2, 0.25) is 10.0 Å². The second kappa shape index (κ2) is 7.24. The molecule has 0 spiro atoms. The van der Waals surface area contributed by atoms with Crippen molar-refractivity contribution in [3.63, 3.8) is 0 Å². The molecule has 0 aliphatic rings. The van der Waals surface area contributed by atoms with Crippen LogP contribution in [0, 0.1) is 6.92 Å². The molecule has 9 nitrogen and oxygen atoms in total. The van der Waals surface area contributed by atoms with Crippen LogP contribution in [0.25, 0.3) is 16.9 Å². The molecule has 2 aromatic heterocycles. The van der Waals surface area contributed by atoms with Gasteiger partial charge in [0, 0.05) is 11.6 Å². The fraction of sp³-hybridized carbons (Fsp3) is 0.312. The van der Waals surface area contributed by atoms with Crippen molar-refractivity contribution in [3.05, 3.63) is 35.8 Å². The number of nitrogens with two attached hydrogens (primary N) is 1. The molecule has 3 aromatic rings. The minimum absolute atomic E-state index is 0.0901. The van der Waals surface area contributed by atoms with Crippen LogP contribution < -0.4 is 10.5 Å². The molecule has 0 fully saturated rings. The average Bonchev–Trinajstić information content (AvgIpc) is 3.05. The molecule has 29 heavy (non-hydrogen) atoms. The van der Waals surface area contributed by atoms with Crippen LogP contribution in [-0.2, 0) is 16.2 Å². The Bertz CT molecular complexity index is 1180. The number of benzene rings is 1. The number of hydrogen-bond acceptors (Lipinski definition) is 7. The number of hydrogen-bond donors (Lipinski definition) is 3. The summed E-state index contributed by atoms with van der Waals surface area (Å²) in [5, 5.41) is 12.6. The standard InChI is InChI=1S/C16H17F3N6O3S/c1-8-3-4-10(29(27,28)24-9(2)7-26)5-11(8)12-6-21-14-13(20)22-15(16(17,18)19)23-25(12)14/h3-6,9,24,26H,7H2,1-2H3,(H2,20,22,23)/t9-/m0/s1. The molecule has 156 valence electrons. The summed E-state index contributed by atoms with van der Waals surface area (Å²) in [7, 11) is -3.97. The number of alkyl halides is 3. The number of rotatable bonds is 5. The number of aliphatic hydroxyl groups is 1. The lowest BCUT2D eigenvalue weighted by molar-refractivity contribution is -0.145. The molecule has 4 N–H and O–H groups in total. The van der Waals surface area contributed by atoms with Crippen molar-refractivity contribution in [3.8, 4) is 11.3 Å². The van der Waals surface area contributed by atoms with Crippen molar-refractivity contribution < 1.29 is 26.7 Å². The van der Waals surface area contributed by atoms with E-state index in [4.69, 9.17) is 10.8 Å². The Morgan fingerprint density at radius 2 is 2.03 bits per heavy atom.